The molecule has 0 fully saturated rings. The van der Waals surface area contributed by atoms with Gasteiger partial charge in [-0.2, -0.15) is 0 Å². The molecule has 0 aliphatic carbocycles. The fourth-order valence-corrected chi connectivity index (χ4v) is 1.89. The molecule has 1 N–H and O–H groups in total. The Bertz CT molecular complexity index is 508. The molecule has 18 heavy (non-hydrogen) atoms. The van der Waals surface area contributed by atoms with Crippen LogP contribution in [0, 0.1) is 0 Å². The van der Waals surface area contributed by atoms with E-state index in [1.165, 1.54) is 0 Å². The SMILES string of the molecule is O=C(Cc1ccco1)NCCc1cccc(Cl)c1. The van der Waals surface area contributed by atoms with E-state index in [4.69, 9.17) is 16.0 Å². The van der Waals surface area contributed by atoms with E-state index in [1.54, 1.807) is 18.4 Å². The van der Waals surface area contributed by atoms with Crippen LogP contribution in [0.5, 0.6) is 0 Å². The van der Waals surface area contributed by atoms with E-state index < -0.39 is 0 Å². The van der Waals surface area contributed by atoms with E-state index in [1.807, 2.05) is 24.3 Å². The maximum atomic E-state index is 11.6. The molecule has 2 aromatic rings. The number of nitrogens with one attached hydrogen (secondary N) is 1. The third-order valence-electron chi connectivity index (χ3n) is 2.54. The van der Waals surface area contributed by atoms with E-state index in [-0.39, 0.29) is 12.3 Å². The molecule has 0 saturated carbocycles. The third kappa shape index (κ3) is 3.93. The summed E-state index contributed by atoms with van der Waals surface area (Å²) in [7, 11) is 0. The van der Waals surface area contributed by atoms with Gasteiger partial charge in [-0.05, 0) is 36.2 Å². The highest BCUT2D eigenvalue weighted by Gasteiger charge is 2.04. The number of hydrogen-bond acceptors (Lipinski definition) is 2. The highest BCUT2D eigenvalue weighted by atomic mass is 35.5. The van der Waals surface area contributed by atoms with Crippen molar-refractivity contribution in [1.82, 2.24) is 5.32 Å². The first-order chi connectivity index (χ1) is 8.74. The van der Waals surface area contributed by atoms with E-state index in [0.29, 0.717) is 12.3 Å². The maximum Gasteiger partial charge on any atom is 0.227 e. The van der Waals surface area contributed by atoms with Crippen LogP contribution in [0.15, 0.2) is 47.1 Å². The van der Waals surface area contributed by atoms with E-state index >= 15 is 0 Å². The van der Waals surface area contributed by atoms with Crippen molar-refractivity contribution < 1.29 is 9.21 Å². The van der Waals surface area contributed by atoms with Gasteiger partial charge in [-0.25, -0.2) is 0 Å². The number of halogens is 1. The molecule has 1 heterocycles. The summed E-state index contributed by atoms with van der Waals surface area (Å²) < 4.78 is 5.11. The van der Waals surface area contributed by atoms with Crippen LogP contribution < -0.4 is 5.32 Å². The monoisotopic (exact) mass is 263 g/mol. The minimum Gasteiger partial charge on any atom is -0.469 e. The summed E-state index contributed by atoms with van der Waals surface area (Å²) in [6.45, 7) is 0.597. The molecular formula is C14H14ClNO2. The number of amides is 1. The molecular weight excluding hydrogens is 250 g/mol. The maximum absolute atomic E-state index is 11.6. The molecule has 0 aliphatic rings. The quantitative estimate of drug-likeness (QED) is 0.901. The summed E-state index contributed by atoms with van der Waals surface area (Å²) >= 11 is 5.88. The lowest BCUT2D eigenvalue weighted by atomic mass is 10.1. The van der Waals surface area contributed by atoms with Crippen molar-refractivity contribution in [1.29, 1.82) is 0 Å². The zero-order valence-corrected chi connectivity index (χ0v) is 10.6. The Labute approximate surface area is 111 Å². The molecule has 0 atom stereocenters. The van der Waals surface area contributed by atoms with E-state index in [0.717, 1.165) is 17.0 Å². The van der Waals surface area contributed by atoms with Gasteiger partial charge in [0, 0.05) is 11.6 Å². The fourth-order valence-electron chi connectivity index (χ4n) is 1.67. The van der Waals surface area contributed by atoms with Gasteiger partial charge in [0.15, 0.2) is 0 Å². The van der Waals surface area contributed by atoms with E-state index in [9.17, 15) is 4.79 Å². The van der Waals surface area contributed by atoms with Crippen molar-refractivity contribution in [2.24, 2.45) is 0 Å². The van der Waals surface area contributed by atoms with Gasteiger partial charge in [0.05, 0.1) is 12.7 Å². The average molecular weight is 264 g/mol. The van der Waals surface area contributed by atoms with Gasteiger partial charge >= 0.3 is 0 Å². The Balaban J connectivity index is 1.73. The molecule has 94 valence electrons. The Morgan fingerprint density at radius 1 is 1.28 bits per heavy atom. The van der Waals surface area contributed by atoms with Crippen LogP contribution in [0.3, 0.4) is 0 Å². The van der Waals surface area contributed by atoms with Gasteiger partial charge in [0.2, 0.25) is 5.91 Å². The van der Waals surface area contributed by atoms with Gasteiger partial charge in [0.25, 0.3) is 0 Å². The smallest absolute Gasteiger partial charge is 0.227 e. The predicted molar refractivity (Wildman–Crippen MR) is 70.6 cm³/mol. The summed E-state index contributed by atoms with van der Waals surface area (Å²) in [4.78, 5) is 11.6. The highest BCUT2D eigenvalue weighted by Crippen LogP contribution is 2.10. The summed E-state index contributed by atoms with van der Waals surface area (Å²) in [5, 5.41) is 3.56. The number of benzene rings is 1. The number of rotatable bonds is 5. The zero-order chi connectivity index (χ0) is 12.8. The molecule has 0 radical (unpaired) electrons. The predicted octanol–water partition coefficient (Wildman–Crippen LogP) is 2.83. The van der Waals surface area contributed by atoms with Gasteiger partial charge in [-0.1, -0.05) is 23.7 Å². The number of furan rings is 1. The molecule has 0 bridgehead atoms. The first-order valence-electron chi connectivity index (χ1n) is 5.77. The minimum absolute atomic E-state index is 0.0352. The Kier molecular flexibility index (Phi) is 4.42. The third-order valence-corrected chi connectivity index (χ3v) is 2.77. The number of carbonyl (C=O) groups excluding carboxylic acids is 1. The van der Waals surface area contributed by atoms with Gasteiger partial charge in [-0.3, -0.25) is 4.79 Å². The van der Waals surface area contributed by atoms with Gasteiger partial charge in [-0.15, -0.1) is 0 Å². The van der Waals surface area contributed by atoms with Crippen LogP contribution >= 0.6 is 11.6 Å². The second-order valence-electron chi connectivity index (χ2n) is 3.99. The Morgan fingerprint density at radius 2 is 2.17 bits per heavy atom. The van der Waals surface area contributed by atoms with Crippen LogP contribution in [0.1, 0.15) is 11.3 Å². The first-order valence-corrected chi connectivity index (χ1v) is 6.15. The molecule has 1 aromatic heterocycles. The van der Waals surface area contributed by atoms with Crippen LogP contribution in [-0.2, 0) is 17.6 Å². The zero-order valence-electron chi connectivity index (χ0n) is 9.86. The highest BCUT2D eigenvalue weighted by molar-refractivity contribution is 6.30. The molecule has 1 amide bonds. The normalized spacial score (nSPS) is 10.3. The average Bonchev–Trinajstić information content (AvgIpc) is 2.82. The second-order valence-corrected chi connectivity index (χ2v) is 4.42. The summed E-state index contributed by atoms with van der Waals surface area (Å²) in [5.41, 5.74) is 1.11. The van der Waals surface area contributed by atoms with Crippen molar-refractivity contribution in [2.45, 2.75) is 12.8 Å². The van der Waals surface area contributed by atoms with Crippen LogP contribution in [0.25, 0.3) is 0 Å². The molecule has 0 spiro atoms. The molecule has 0 unspecified atom stereocenters. The van der Waals surface area contributed by atoms with Crippen molar-refractivity contribution >= 4 is 17.5 Å². The molecule has 4 heteroatoms. The Morgan fingerprint density at radius 3 is 2.89 bits per heavy atom. The lowest BCUT2D eigenvalue weighted by molar-refractivity contribution is -0.120. The number of hydrogen-bond donors (Lipinski definition) is 1. The summed E-state index contributed by atoms with van der Waals surface area (Å²) in [6.07, 6.45) is 2.61. The molecule has 3 nitrogen and oxygen atoms in total. The Hall–Kier alpha value is -1.74. The largest absolute Gasteiger partial charge is 0.469 e. The minimum atomic E-state index is -0.0352. The lowest BCUT2D eigenvalue weighted by Gasteiger charge is -2.04. The first kappa shape index (κ1) is 12.7. The molecule has 1 aromatic carbocycles. The van der Waals surface area contributed by atoms with Crippen LogP contribution in [-0.4, -0.2) is 12.5 Å². The molecule has 0 aliphatic heterocycles. The van der Waals surface area contributed by atoms with Gasteiger partial charge < -0.3 is 9.73 Å². The van der Waals surface area contributed by atoms with Crippen molar-refractivity contribution in [2.75, 3.05) is 6.54 Å². The van der Waals surface area contributed by atoms with Crippen LogP contribution in [0.4, 0.5) is 0 Å². The fraction of sp³-hybridized carbons (Fsp3) is 0.214. The summed E-state index contributed by atoms with van der Waals surface area (Å²) in [6, 6.07) is 11.2. The lowest BCUT2D eigenvalue weighted by Crippen LogP contribution is -2.27. The van der Waals surface area contributed by atoms with Crippen molar-refractivity contribution in [3.05, 3.63) is 59.0 Å². The van der Waals surface area contributed by atoms with Gasteiger partial charge in [0.1, 0.15) is 5.76 Å². The van der Waals surface area contributed by atoms with Crippen LogP contribution in [0.2, 0.25) is 5.02 Å². The number of carbonyl (C=O) groups is 1. The standard InChI is InChI=1S/C14H14ClNO2/c15-12-4-1-3-11(9-12)6-7-16-14(17)10-13-5-2-8-18-13/h1-5,8-9H,6-7,10H2,(H,16,17). The van der Waals surface area contributed by atoms with Crippen molar-refractivity contribution in [3.8, 4) is 0 Å². The summed E-state index contributed by atoms with van der Waals surface area (Å²) in [5.74, 6) is 0.641. The second kappa shape index (κ2) is 6.26. The molecule has 2 rings (SSSR count). The van der Waals surface area contributed by atoms with Crippen molar-refractivity contribution in [3.63, 3.8) is 0 Å². The molecule has 0 saturated heterocycles. The topological polar surface area (TPSA) is 42.2 Å². The van der Waals surface area contributed by atoms with E-state index in [2.05, 4.69) is 5.32 Å².